The van der Waals surface area contributed by atoms with Crippen molar-refractivity contribution in [1.82, 2.24) is 10.2 Å². The molecule has 0 saturated carbocycles. The summed E-state index contributed by atoms with van der Waals surface area (Å²) in [5, 5.41) is 12.8. The molecule has 0 aliphatic carbocycles. The molecule has 1 aliphatic heterocycles. The first-order valence-electron chi connectivity index (χ1n) is 8.80. The predicted molar refractivity (Wildman–Crippen MR) is 93.9 cm³/mol. The van der Waals surface area contributed by atoms with Crippen molar-refractivity contribution in [3.05, 3.63) is 35.9 Å². The van der Waals surface area contributed by atoms with Crippen LogP contribution in [0.2, 0.25) is 0 Å². The van der Waals surface area contributed by atoms with E-state index in [0.29, 0.717) is 12.1 Å². The van der Waals surface area contributed by atoms with E-state index in [0.717, 1.165) is 19.0 Å². The number of aliphatic hydroxyl groups excluding tert-OH is 1. The van der Waals surface area contributed by atoms with Gasteiger partial charge < -0.3 is 15.3 Å². The van der Waals surface area contributed by atoms with Crippen molar-refractivity contribution < 1.29 is 14.7 Å². The number of benzene rings is 1. The number of hydrogen-bond acceptors (Lipinski definition) is 4. The topological polar surface area (TPSA) is 69.6 Å². The van der Waals surface area contributed by atoms with E-state index in [1.54, 1.807) is 12.1 Å². The Morgan fingerprint density at radius 1 is 1.21 bits per heavy atom. The summed E-state index contributed by atoms with van der Waals surface area (Å²) in [7, 11) is 0. The van der Waals surface area contributed by atoms with Crippen LogP contribution >= 0.6 is 0 Å². The first-order chi connectivity index (χ1) is 11.5. The zero-order valence-electron chi connectivity index (χ0n) is 14.4. The number of carbonyl (C=O) groups is 2. The summed E-state index contributed by atoms with van der Waals surface area (Å²) in [6.07, 6.45) is 2.12. The second kappa shape index (κ2) is 9.55. The molecule has 0 aromatic heterocycles. The van der Waals surface area contributed by atoms with Crippen LogP contribution in [0.4, 0.5) is 0 Å². The van der Waals surface area contributed by atoms with E-state index in [4.69, 9.17) is 0 Å². The van der Waals surface area contributed by atoms with Crippen molar-refractivity contribution in [2.24, 2.45) is 5.92 Å². The number of rotatable bonds is 8. The fraction of sp³-hybridized carbons (Fsp3) is 0.579. The summed E-state index contributed by atoms with van der Waals surface area (Å²) in [4.78, 5) is 26.0. The van der Waals surface area contributed by atoms with Gasteiger partial charge in [0.15, 0.2) is 5.78 Å². The molecule has 0 radical (unpaired) electrons. The number of amides is 1. The molecule has 5 nitrogen and oxygen atoms in total. The van der Waals surface area contributed by atoms with Gasteiger partial charge in [-0.1, -0.05) is 37.3 Å². The maximum absolute atomic E-state index is 11.9. The van der Waals surface area contributed by atoms with Crippen molar-refractivity contribution >= 4 is 11.7 Å². The van der Waals surface area contributed by atoms with Gasteiger partial charge in [-0.05, 0) is 31.8 Å². The van der Waals surface area contributed by atoms with Crippen LogP contribution in [0.25, 0.3) is 0 Å². The molecule has 1 aromatic rings. The van der Waals surface area contributed by atoms with E-state index < -0.39 is 6.10 Å². The van der Waals surface area contributed by atoms with E-state index in [-0.39, 0.29) is 31.1 Å². The van der Waals surface area contributed by atoms with Crippen LogP contribution in [0.3, 0.4) is 0 Å². The van der Waals surface area contributed by atoms with Crippen molar-refractivity contribution in [2.45, 2.75) is 38.7 Å². The Balaban J connectivity index is 1.61. The average molecular weight is 332 g/mol. The molecule has 132 valence electrons. The molecule has 0 spiro atoms. The normalized spacial score (nSPS) is 17.4. The molecule has 0 bridgehead atoms. The van der Waals surface area contributed by atoms with Gasteiger partial charge in [-0.3, -0.25) is 9.59 Å². The van der Waals surface area contributed by atoms with Gasteiger partial charge >= 0.3 is 0 Å². The third-order valence-corrected chi connectivity index (χ3v) is 4.55. The fourth-order valence-electron chi connectivity index (χ4n) is 2.92. The number of nitrogens with zero attached hydrogens (tertiary/aromatic N) is 1. The van der Waals surface area contributed by atoms with Gasteiger partial charge in [0, 0.05) is 31.5 Å². The Morgan fingerprint density at radius 3 is 2.54 bits per heavy atom. The quantitative estimate of drug-likeness (QED) is 0.713. The van der Waals surface area contributed by atoms with E-state index in [2.05, 4.69) is 17.1 Å². The van der Waals surface area contributed by atoms with E-state index in [9.17, 15) is 14.7 Å². The third kappa shape index (κ3) is 6.42. The molecule has 2 rings (SSSR count). The highest BCUT2D eigenvalue weighted by atomic mass is 16.3. The molecule has 1 aliphatic rings. The Bertz CT molecular complexity index is 525. The Kier molecular flexibility index (Phi) is 7.40. The van der Waals surface area contributed by atoms with Crippen LogP contribution in [0, 0.1) is 5.92 Å². The lowest BCUT2D eigenvalue weighted by Crippen LogP contribution is -2.43. The van der Waals surface area contributed by atoms with E-state index in [1.807, 2.05) is 18.2 Å². The summed E-state index contributed by atoms with van der Waals surface area (Å²) in [5.41, 5.74) is 0.629. The summed E-state index contributed by atoms with van der Waals surface area (Å²) < 4.78 is 0. The van der Waals surface area contributed by atoms with Crippen LogP contribution in [-0.2, 0) is 4.79 Å². The molecule has 1 amide bonds. The van der Waals surface area contributed by atoms with Crippen LogP contribution < -0.4 is 5.32 Å². The summed E-state index contributed by atoms with van der Waals surface area (Å²) in [5.74, 6) is 0.541. The fourth-order valence-corrected chi connectivity index (χ4v) is 2.92. The molecule has 1 unspecified atom stereocenters. The van der Waals surface area contributed by atoms with Gasteiger partial charge in [-0.2, -0.15) is 0 Å². The highest BCUT2D eigenvalue weighted by Crippen LogP contribution is 2.15. The molecule has 24 heavy (non-hydrogen) atoms. The van der Waals surface area contributed by atoms with Crippen molar-refractivity contribution in [2.75, 3.05) is 26.2 Å². The predicted octanol–water partition coefficient (Wildman–Crippen LogP) is 1.86. The molecule has 1 saturated heterocycles. The second-order valence-corrected chi connectivity index (χ2v) is 6.73. The molecule has 1 heterocycles. The number of hydrogen-bond donors (Lipinski definition) is 2. The standard InChI is InChI=1S/C19H28N2O3/c1-15-9-11-21(12-10-15)14-17(22)13-20-19(24)8-7-18(23)16-5-3-2-4-6-16/h2-6,15,17,22H,7-14H2,1H3,(H,20,24). The van der Waals surface area contributed by atoms with Gasteiger partial charge in [-0.25, -0.2) is 0 Å². The lowest BCUT2D eigenvalue weighted by Gasteiger charge is -2.31. The molecular weight excluding hydrogens is 304 g/mol. The highest BCUT2D eigenvalue weighted by Gasteiger charge is 2.18. The smallest absolute Gasteiger partial charge is 0.220 e. The number of carbonyl (C=O) groups excluding carboxylic acids is 2. The summed E-state index contributed by atoms with van der Waals surface area (Å²) in [6, 6.07) is 8.98. The molecule has 5 heteroatoms. The monoisotopic (exact) mass is 332 g/mol. The van der Waals surface area contributed by atoms with Crippen LogP contribution in [0.5, 0.6) is 0 Å². The van der Waals surface area contributed by atoms with Crippen molar-refractivity contribution in [3.63, 3.8) is 0 Å². The zero-order chi connectivity index (χ0) is 17.4. The third-order valence-electron chi connectivity index (χ3n) is 4.55. The number of β-amino-alcohol motifs (C(OH)–C–C–N with tert-alkyl or cyclic N) is 1. The summed E-state index contributed by atoms with van der Waals surface area (Å²) >= 11 is 0. The number of ketones is 1. The highest BCUT2D eigenvalue weighted by molar-refractivity contribution is 5.97. The van der Waals surface area contributed by atoms with Crippen LogP contribution in [-0.4, -0.2) is 54.0 Å². The molecule has 1 fully saturated rings. The van der Waals surface area contributed by atoms with Crippen LogP contribution in [0.15, 0.2) is 30.3 Å². The SMILES string of the molecule is CC1CCN(CC(O)CNC(=O)CCC(=O)c2ccccc2)CC1. The number of piperidine rings is 1. The number of Topliss-reactive ketones (excluding diaryl/α,β-unsaturated/α-hetero) is 1. The minimum absolute atomic E-state index is 0.0336. The average Bonchev–Trinajstić information content (AvgIpc) is 2.60. The van der Waals surface area contributed by atoms with Gasteiger partial charge in [0.1, 0.15) is 0 Å². The van der Waals surface area contributed by atoms with Gasteiger partial charge in [0.2, 0.25) is 5.91 Å². The lowest BCUT2D eigenvalue weighted by atomic mass is 9.99. The molecule has 1 atom stereocenters. The maximum Gasteiger partial charge on any atom is 0.220 e. The maximum atomic E-state index is 11.9. The summed E-state index contributed by atoms with van der Waals surface area (Å²) in [6.45, 7) is 5.11. The first-order valence-corrected chi connectivity index (χ1v) is 8.80. The lowest BCUT2D eigenvalue weighted by molar-refractivity contribution is -0.121. The molecule has 2 N–H and O–H groups in total. The van der Waals surface area contributed by atoms with Gasteiger partial charge in [-0.15, -0.1) is 0 Å². The first kappa shape index (κ1) is 18.6. The number of nitrogens with one attached hydrogen (secondary N) is 1. The van der Waals surface area contributed by atoms with E-state index in [1.165, 1.54) is 12.8 Å². The minimum Gasteiger partial charge on any atom is -0.390 e. The Hall–Kier alpha value is -1.72. The van der Waals surface area contributed by atoms with Crippen molar-refractivity contribution in [3.8, 4) is 0 Å². The van der Waals surface area contributed by atoms with Crippen LogP contribution in [0.1, 0.15) is 43.0 Å². The van der Waals surface area contributed by atoms with Gasteiger partial charge in [0.25, 0.3) is 0 Å². The zero-order valence-corrected chi connectivity index (χ0v) is 14.4. The Morgan fingerprint density at radius 2 is 1.88 bits per heavy atom. The van der Waals surface area contributed by atoms with E-state index >= 15 is 0 Å². The number of aliphatic hydroxyl groups is 1. The Labute approximate surface area is 144 Å². The minimum atomic E-state index is -0.563. The second-order valence-electron chi connectivity index (χ2n) is 6.73. The largest absolute Gasteiger partial charge is 0.390 e. The molecular formula is C19H28N2O3. The van der Waals surface area contributed by atoms with Crippen molar-refractivity contribution in [1.29, 1.82) is 0 Å². The number of likely N-dealkylation sites (tertiary alicyclic amines) is 1. The van der Waals surface area contributed by atoms with Gasteiger partial charge in [0.05, 0.1) is 6.10 Å². The molecule has 1 aromatic carbocycles.